The van der Waals surface area contributed by atoms with Gasteiger partial charge in [-0.05, 0) is 45.7 Å². The molecule has 0 spiro atoms. The molecule has 6 heteroatoms. The molecule has 0 unspecified atom stereocenters. The van der Waals surface area contributed by atoms with Crippen molar-refractivity contribution in [3.05, 3.63) is 24.0 Å². The molecule has 1 aliphatic heterocycles. The monoisotopic (exact) mass is 298 g/mol. The highest BCUT2D eigenvalue weighted by atomic mass is 32.2. The highest BCUT2D eigenvalue weighted by molar-refractivity contribution is 7.89. The van der Waals surface area contributed by atoms with E-state index in [1.807, 2.05) is 19.1 Å². The SMILES string of the molecule is Cc1ccc(OC2CCN(S(=O)(=O)C(C)C)CC2)cn1. The van der Waals surface area contributed by atoms with Crippen molar-refractivity contribution < 1.29 is 13.2 Å². The van der Waals surface area contributed by atoms with Crippen molar-refractivity contribution in [2.45, 2.75) is 45.0 Å². The first kappa shape index (κ1) is 15.3. The lowest BCUT2D eigenvalue weighted by Crippen LogP contribution is -2.44. The summed E-state index contributed by atoms with van der Waals surface area (Å²) in [5.41, 5.74) is 0.954. The minimum Gasteiger partial charge on any atom is -0.489 e. The van der Waals surface area contributed by atoms with Gasteiger partial charge < -0.3 is 4.74 Å². The second-order valence-corrected chi connectivity index (χ2v) is 7.93. The van der Waals surface area contributed by atoms with Crippen LogP contribution in [0.3, 0.4) is 0 Å². The van der Waals surface area contributed by atoms with E-state index in [4.69, 9.17) is 4.74 Å². The van der Waals surface area contributed by atoms with Gasteiger partial charge in [0.05, 0.1) is 11.4 Å². The van der Waals surface area contributed by atoms with Gasteiger partial charge in [-0.25, -0.2) is 12.7 Å². The van der Waals surface area contributed by atoms with E-state index in [2.05, 4.69) is 4.98 Å². The Hall–Kier alpha value is -1.14. The Labute approximate surface area is 121 Å². The zero-order valence-corrected chi connectivity index (χ0v) is 13.1. The third-order valence-electron chi connectivity index (χ3n) is 3.54. The zero-order valence-electron chi connectivity index (χ0n) is 12.2. The van der Waals surface area contributed by atoms with Crippen LogP contribution < -0.4 is 4.74 Å². The summed E-state index contributed by atoms with van der Waals surface area (Å²) in [5.74, 6) is 0.751. The summed E-state index contributed by atoms with van der Waals surface area (Å²) < 4.78 is 31.5. The van der Waals surface area contributed by atoms with Crippen LogP contribution in [-0.2, 0) is 10.0 Å². The van der Waals surface area contributed by atoms with Gasteiger partial charge in [0.15, 0.2) is 0 Å². The molecule has 0 bridgehead atoms. The number of aryl methyl sites for hydroxylation is 1. The van der Waals surface area contributed by atoms with E-state index in [9.17, 15) is 8.42 Å². The van der Waals surface area contributed by atoms with E-state index in [0.29, 0.717) is 13.1 Å². The summed E-state index contributed by atoms with van der Waals surface area (Å²) >= 11 is 0. The minimum atomic E-state index is -3.14. The molecule has 0 aromatic carbocycles. The van der Waals surface area contributed by atoms with Crippen molar-refractivity contribution in [2.24, 2.45) is 0 Å². The first-order valence-electron chi connectivity index (χ1n) is 6.98. The summed E-state index contributed by atoms with van der Waals surface area (Å²) in [6.07, 6.45) is 3.23. The Kier molecular flexibility index (Phi) is 4.65. The standard InChI is InChI=1S/C14H22N2O3S/c1-11(2)20(17,18)16-8-6-13(7-9-16)19-14-5-4-12(3)15-10-14/h4-5,10-11,13H,6-9H2,1-3H3. The fourth-order valence-electron chi connectivity index (χ4n) is 2.22. The topological polar surface area (TPSA) is 59.5 Å². The number of sulfonamides is 1. The summed E-state index contributed by atoms with van der Waals surface area (Å²) in [5, 5.41) is -0.360. The van der Waals surface area contributed by atoms with Gasteiger partial charge in [0.1, 0.15) is 11.9 Å². The minimum absolute atomic E-state index is 0.0677. The molecule has 1 saturated heterocycles. The van der Waals surface area contributed by atoms with Crippen LogP contribution in [0.2, 0.25) is 0 Å². The van der Waals surface area contributed by atoms with Gasteiger partial charge in [-0.15, -0.1) is 0 Å². The fraction of sp³-hybridized carbons (Fsp3) is 0.643. The molecular weight excluding hydrogens is 276 g/mol. The molecule has 1 aliphatic rings. The number of rotatable bonds is 4. The molecular formula is C14H22N2O3S. The third-order valence-corrected chi connectivity index (χ3v) is 5.82. The van der Waals surface area contributed by atoms with Gasteiger partial charge in [0, 0.05) is 18.8 Å². The van der Waals surface area contributed by atoms with Gasteiger partial charge >= 0.3 is 0 Å². The predicted octanol–water partition coefficient (Wildman–Crippen LogP) is 1.97. The first-order valence-corrected chi connectivity index (χ1v) is 8.48. The summed E-state index contributed by atoms with van der Waals surface area (Å²) in [6.45, 7) is 6.43. The number of piperidine rings is 1. The van der Waals surface area contributed by atoms with Crippen LogP contribution in [0.4, 0.5) is 0 Å². The molecule has 0 N–H and O–H groups in total. The third kappa shape index (κ3) is 3.49. The van der Waals surface area contributed by atoms with Crippen molar-refractivity contribution in [3.8, 4) is 5.75 Å². The molecule has 1 aromatic rings. The molecule has 20 heavy (non-hydrogen) atoms. The zero-order chi connectivity index (χ0) is 14.8. The number of hydrogen-bond donors (Lipinski definition) is 0. The van der Waals surface area contributed by atoms with Gasteiger partial charge in [0.25, 0.3) is 0 Å². The van der Waals surface area contributed by atoms with Crippen LogP contribution in [-0.4, -0.2) is 42.2 Å². The maximum Gasteiger partial charge on any atom is 0.216 e. The average Bonchev–Trinajstić information content (AvgIpc) is 2.42. The summed E-state index contributed by atoms with van der Waals surface area (Å²) in [6, 6.07) is 3.81. The number of aromatic nitrogens is 1. The lowest BCUT2D eigenvalue weighted by Gasteiger charge is -2.32. The normalized spacial score (nSPS) is 18.4. The van der Waals surface area contributed by atoms with E-state index in [1.165, 1.54) is 0 Å². The molecule has 1 aromatic heterocycles. The fourth-order valence-corrected chi connectivity index (χ4v) is 3.54. The molecule has 2 rings (SSSR count). The molecule has 0 atom stereocenters. The van der Waals surface area contributed by atoms with Crippen LogP contribution in [0.25, 0.3) is 0 Å². The van der Waals surface area contributed by atoms with Crippen LogP contribution in [0.15, 0.2) is 18.3 Å². The molecule has 2 heterocycles. The second kappa shape index (κ2) is 6.10. The molecule has 1 fully saturated rings. The average molecular weight is 298 g/mol. The van der Waals surface area contributed by atoms with Crippen LogP contribution >= 0.6 is 0 Å². The lowest BCUT2D eigenvalue weighted by molar-refractivity contribution is 0.134. The van der Waals surface area contributed by atoms with E-state index in [0.717, 1.165) is 24.3 Å². The number of pyridine rings is 1. The van der Waals surface area contributed by atoms with E-state index in [1.54, 1.807) is 24.3 Å². The molecule has 0 aliphatic carbocycles. The smallest absolute Gasteiger partial charge is 0.216 e. The second-order valence-electron chi connectivity index (χ2n) is 5.45. The quantitative estimate of drug-likeness (QED) is 0.852. The Morgan fingerprint density at radius 3 is 2.45 bits per heavy atom. The Morgan fingerprint density at radius 2 is 1.95 bits per heavy atom. The largest absolute Gasteiger partial charge is 0.489 e. The van der Waals surface area contributed by atoms with Crippen molar-refractivity contribution in [1.29, 1.82) is 0 Å². The Balaban J connectivity index is 1.90. The van der Waals surface area contributed by atoms with E-state index < -0.39 is 10.0 Å². The molecule has 0 saturated carbocycles. The molecule has 5 nitrogen and oxygen atoms in total. The van der Waals surface area contributed by atoms with Crippen molar-refractivity contribution in [2.75, 3.05) is 13.1 Å². The first-order chi connectivity index (χ1) is 9.39. The van der Waals surface area contributed by atoms with E-state index in [-0.39, 0.29) is 11.4 Å². The lowest BCUT2D eigenvalue weighted by atomic mass is 10.1. The molecule has 112 valence electrons. The molecule has 0 radical (unpaired) electrons. The van der Waals surface area contributed by atoms with Gasteiger partial charge in [-0.3, -0.25) is 4.98 Å². The Morgan fingerprint density at radius 1 is 1.30 bits per heavy atom. The van der Waals surface area contributed by atoms with Crippen molar-refractivity contribution in [3.63, 3.8) is 0 Å². The maximum absolute atomic E-state index is 12.1. The Bertz CT molecular complexity index is 532. The van der Waals surface area contributed by atoms with Crippen LogP contribution in [0.1, 0.15) is 32.4 Å². The van der Waals surface area contributed by atoms with Gasteiger partial charge in [-0.2, -0.15) is 0 Å². The molecule has 0 amide bonds. The number of nitrogens with zero attached hydrogens (tertiary/aromatic N) is 2. The summed E-state index contributed by atoms with van der Waals surface area (Å²) in [7, 11) is -3.14. The number of ether oxygens (including phenoxy) is 1. The van der Waals surface area contributed by atoms with Crippen molar-refractivity contribution >= 4 is 10.0 Å². The van der Waals surface area contributed by atoms with Crippen LogP contribution in [0.5, 0.6) is 5.75 Å². The van der Waals surface area contributed by atoms with Gasteiger partial charge in [-0.1, -0.05) is 0 Å². The van der Waals surface area contributed by atoms with Crippen molar-refractivity contribution in [1.82, 2.24) is 9.29 Å². The highest BCUT2D eigenvalue weighted by Gasteiger charge is 2.30. The number of hydrogen-bond acceptors (Lipinski definition) is 4. The van der Waals surface area contributed by atoms with Gasteiger partial charge in [0.2, 0.25) is 10.0 Å². The summed E-state index contributed by atoms with van der Waals surface area (Å²) in [4.78, 5) is 4.19. The predicted molar refractivity (Wildman–Crippen MR) is 78.3 cm³/mol. The maximum atomic E-state index is 12.1. The van der Waals surface area contributed by atoms with E-state index >= 15 is 0 Å². The van der Waals surface area contributed by atoms with Crippen LogP contribution in [0, 0.1) is 6.92 Å². The highest BCUT2D eigenvalue weighted by Crippen LogP contribution is 2.21.